The molecule has 2 saturated heterocycles. The van der Waals surface area contributed by atoms with E-state index < -0.39 is 0 Å². The highest BCUT2D eigenvalue weighted by Crippen LogP contribution is 2.26. The molecule has 1 atom stereocenters. The first-order chi connectivity index (χ1) is 11.6. The van der Waals surface area contributed by atoms with E-state index in [2.05, 4.69) is 10.2 Å². The van der Waals surface area contributed by atoms with Crippen molar-refractivity contribution in [2.24, 2.45) is 0 Å². The molecule has 2 heterocycles. The number of carbonyl (C=O) groups is 1. The fourth-order valence-electron chi connectivity index (χ4n) is 3.29. The second kappa shape index (κ2) is 9.83. The van der Waals surface area contributed by atoms with Gasteiger partial charge >= 0.3 is 0 Å². The van der Waals surface area contributed by atoms with Gasteiger partial charge in [0.2, 0.25) is 5.91 Å². The van der Waals surface area contributed by atoms with Crippen molar-refractivity contribution < 1.29 is 9.53 Å². The third-order valence-electron chi connectivity index (χ3n) is 4.66. The first kappa shape index (κ1) is 20.6. The summed E-state index contributed by atoms with van der Waals surface area (Å²) in [6.07, 6.45) is 1.45. The van der Waals surface area contributed by atoms with Crippen LogP contribution in [0.2, 0.25) is 10.0 Å². The lowest BCUT2D eigenvalue weighted by Gasteiger charge is -2.32. The Kier molecular flexibility index (Phi) is 8.10. The predicted molar refractivity (Wildman–Crippen MR) is 103 cm³/mol. The van der Waals surface area contributed by atoms with Gasteiger partial charge in [0.05, 0.1) is 23.1 Å². The van der Waals surface area contributed by atoms with E-state index in [1.54, 1.807) is 18.2 Å². The molecule has 0 aromatic heterocycles. The Morgan fingerprint density at radius 2 is 1.96 bits per heavy atom. The van der Waals surface area contributed by atoms with Gasteiger partial charge in [-0.1, -0.05) is 23.2 Å². The molecule has 1 aromatic rings. The first-order valence-corrected chi connectivity index (χ1v) is 9.19. The van der Waals surface area contributed by atoms with Gasteiger partial charge in [-0.2, -0.15) is 0 Å². The zero-order chi connectivity index (χ0) is 16.9. The summed E-state index contributed by atoms with van der Waals surface area (Å²) in [5, 5.41) is 4.32. The monoisotopic (exact) mass is 407 g/mol. The van der Waals surface area contributed by atoms with Crippen LogP contribution < -0.4 is 10.1 Å². The van der Waals surface area contributed by atoms with Crippen molar-refractivity contribution in [1.82, 2.24) is 15.1 Å². The standard InChI is InChI=1S/C17H23Cl2N3O2.ClH/c18-15-2-1-14(11-16(15)19)24-10-4-17(23)22-7-3-13(12-22)21-8-5-20-6-9-21;/h1-2,11,13,20H,3-10,12H2;1H. The highest BCUT2D eigenvalue weighted by Gasteiger charge is 2.30. The van der Waals surface area contributed by atoms with E-state index in [1.165, 1.54) is 0 Å². The van der Waals surface area contributed by atoms with Crippen LogP contribution in [0.4, 0.5) is 0 Å². The molecule has 2 aliphatic rings. The summed E-state index contributed by atoms with van der Waals surface area (Å²) in [6.45, 7) is 6.28. The molecule has 5 nitrogen and oxygen atoms in total. The van der Waals surface area contributed by atoms with Crippen LogP contribution in [0.15, 0.2) is 18.2 Å². The number of benzene rings is 1. The molecule has 25 heavy (non-hydrogen) atoms. The summed E-state index contributed by atoms with van der Waals surface area (Å²) in [4.78, 5) is 16.8. The summed E-state index contributed by atoms with van der Waals surface area (Å²) >= 11 is 11.8. The van der Waals surface area contributed by atoms with Gasteiger partial charge in [0, 0.05) is 51.4 Å². The SMILES string of the molecule is Cl.O=C(CCOc1ccc(Cl)c(Cl)c1)N1CCC(N2CCNCC2)C1. The van der Waals surface area contributed by atoms with E-state index in [9.17, 15) is 4.79 Å². The number of rotatable bonds is 5. The molecule has 2 fully saturated rings. The first-order valence-electron chi connectivity index (χ1n) is 8.44. The maximum Gasteiger partial charge on any atom is 0.226 e. The molecule has 3 rings (SSSR count). The van der Waals surface area contributed by atoms with E-state index in [1.807, 2.05) is 4.90 Å². The molecular weight excluding hydrogens is 385 g/mol. The van der Waals surface area contributed by atoms with Crippen LogP contribution in [0.1, 0.15) is 12.8 Å². The van der Waals surface area contributed by atoms with Crippen molar-refractivity contribution in [2.45, 2.75) is 18.9 Å². The molecule has 0 spiro atoms. The Balaban J connectivity index is 0.00000225. The van der Waals surface area contributed by atoms with Gasteiger partial charge in [0.1, 0.15) is 5.75 Å². The second-order valence-electron chi connectivity index (χ2n) is 6.24. The summed E-state index contributed by atoms with van der Waals surface area (Å²) in [7, 11) is 0. The van der Waals surface area contributed by atoms with Crippen molar-refractivity contribution in [1.29, 1.82) is 0 Å². The van der Waals surface area contributed by atoms with Crippen LogP contribution in [-0.2, 0) is 4.79 Å². The third-order valence-corrected chi connectivity index (χ3v) is 5.40. The van der Waals surface area contributed by atoms with Crippen LogP contribution in [0.25, 0.3) is 0 Å². The van der Waals surface area contributed by atoms with E-state index >= 15 is 0 Å². The van der Waals surface area contributed by atoms with E-state index in [0.29, 0.717) is 34.9 Å². The lowest BCUT2D eigenvalue weighted by atomic mass is 10.2. The van der Waals surface area contributed by atoms with Crippen LogP contribution in [-0.4, -0.2) is 67.6 Å². The summed E-state index contributed by atoms with van der Waals surface area (Å²) in [5.41, 5.74) is 0. The number of hydrogen-bond donors (Lipinski definition) is 1. The van der Waals surface area contributed by atoms with Gasteiger partial charge in [-0.05, 0) is 18.6 Å². The summed E-state index contributed by atoms with van der Waals surface area (Å²) < 4.78 is 5.61. The van der Waals surface area contributed by atoms with Crippen LogP contribution in [0, 0.1) is 0 Å². The number of likely N-dealkylation sites (tertiary alicyclic amines) is 1. The Morgan fingerprint density at radius 3 is 2.68 bits per heavy atom. The number of nitrogens with one attached hydrogen (secondary N) is 1. The minimum absolute atomic E-state index is 0. The van der Waals surface area contributed by atoms with Crippen molar-refractivity contribution >= 4 is 41.5 Å². The maximum absolute atomic E-state index is 12.4. The summed E-state index contributed by atoms with van der Waals surface area (Å²) in [6, 6.07) is 5.63. The van der Waals surface area contributed by atoms with Crippen molar-refractivity contribution in [3.63, 3.8) is 0 Å². The van der Waals surface area contributed by atoms with Crippen molar-refractivity contribution in [3.8, 4) is 5.75 Å². The average molecular weight is 409 g/mol. The highest BCUT2D eigenvalue weighted by atomic mass is 35.5. The normalized spacial score (nSPS) is 21.0. The molecule has 1 unspecified atom stereocenters. The van der Waals surface area contributed by atoms with Crippen LogP contribution in [0.3, 0.4) is 0 Å². The zero-order valence-electron chi connectivity index (χ0n) is 14.0. The number of amides is 1. The topological polar surface area (TPSA) is 44.8 Å². The quantitative estimate of drug-likeness (QED) is 0.813. The number of carbonyl (C=O) groups excluding carboxylic acids is 1. The lowest BCUT2D eigenvalue weighted by Crippen LogP contribution is -2.49. The van der Waals surface area contributed by atoms with E-state index in [0.717, 1.165) is 45.7 Å². The van der Waals surface area contributed by atoms with Crippen LogP contribution >= 0.6 is 35.6 Å². The highest BCUT2D eigenvalue weighted by molar-refractivity contribution is 6.42. The van der Waals surface area contributed by atoms with E-state index in [4.69, 9.17) is 27.9 Å². The van der Waals surface area contributed by atoms with Gasteiger partial charge < -0.3 is 15.0 Å². The molecule has 0 bridgehead atoms. The van der Waals surface area contributed by atoms with E-state index in [-0.39, 0.29) is 18.3 Å². The van der Waals surface area contributed by atoms with Gasteiger partial charge in [-0.25, -0.2) is 0 Å². The molecule has 1 N–H and O–H groups in total. The van der Waals surface area contributed by atoms with Gasteiger partial charge in [0.15, 0.2) is 0 Å². The smallest absolute Gasteiger partial charge is 0.226 e. The average Bonchev–Trinajstić information content (AvgIpc) is 3.09. The third kappa shape index (κ3) is 5.63. The zero-order valence-corrected chi connectivity index (χ0v) is 16.4. The molecular formula is C17H24Cl3N3O2. The Morgan fingerprint density at radius 1 is 1.20 bits per heavy atom. The minimum Gasteiger partial charge on any atom is -0.493 e. The van der Waals surface area contributed by atoms with Gasteiger partial charge in [-0.15, -0.1) is 12.4 Å². The largest absolute Gasteiger partial charge is 0.493 e. The molecule has 0 radical (unpaired) electrons. The molecule has 8 heteroatoms. The fourth-order valence-corrected chi connectivity index (χ4v) is 3.58. The Bertz CT molecular complexity index is 582. The maximum atomic E-state index is 12.4. The van der Waals surface area contributed by atoms with Crippen molar-refractivity contribution in [2.75, 3.05) is 45.9 Å². The second-order valence-corrected chi connectivity index (χ2v) is 7.06. The number of halogens is 3. The molecule has 2 aliphatic heterocycles. The minimum atomic E-state index is 0. The molecule has 1 aromatic carbocycles. The number of nitrogens with zero attached hydrogens (tertiary/aromatic N) is 2. The molecule has 1 amide bonds. The Hall–Kier alpha value is -0.720. The number of piperazine rings is 1. The summed E-state index contributed by atoms with van der Waals surface area (Å²) in [5.74, 6) is 0.796. The van der Waals surface area contributed by atoms with Gasteiger partial charge in [0.25, 0.3) is 0 Å². The van der Waals surface area contributed by atoms with Crippen LogP contribution in [0.5, 0.6) is 5.75 Å². The fraction of sp³-hybridized carbons (Fsp3) is 0.588. The molecule has 0 aliphatic carbocycles. The Labute approximate surface area is 165 Å². The number of ether oxygens (including phenoxy) is 1. The van der Waals surface area contributed by atoms with Gasteiger partial charge in [-0.3, -0.25) is 9.69 Å². The van der Waals surface area contributed by atoms with Crippen molar-refractivity contribution in [3.05, 3.63) is 28.2 Å². The molecule has 0 saturated carbocycles. The lowest BCUT2D eigenvalue weighted by molar-refractivity contribution is -0.130. The number of hydrogen-bond acceptors (Lipinski definition) is 4. The molecule has 140 valence electrons. The predicted octanol–water partition coefficient (Wildman–Crippen LogP) is 2.69.